The van der Waals surface area contributed by atoms with E-state index in [-0.39, 0.29) is 0 Å². The van der Waals surface area contributed by atoms with Crippen molar-refractivity contribution in [2.45, 2.75) is 20.8 Å². The molecule has 0 amide bonds. The molecule has 1 aromatic heterocycles. The molecule has 90 valence electrons. The molecule has 2 aromatic rings. The molecule has 1 aromatic carbocycles. The van der Waals surface area contributed by atoms with Gasteiger partial charge in [-0.25, -0.2) is 0 Å². The molecule has 0 unspecified atom stereocenters. The van der Waals surface area contributed by atoms with Crippen molar-refractivity contribution < 1.29 is 9.26 Å². The molecule has 0 aliphatic heterocycles. The minimum atomic E-state index is 0.325. The van der Waals surface area contributed by atoms with E-state index in [4.69, 9.17) is 15.0 Å². The van der Waals surface area contributed by atoms with Gasteiger partial charge in [0.25, 0.3) is 0 Å². The van der Waals surface area contributed by atoms with Gasteiger partial charge in [0, 0.05) is 11.6 Å². The lowest BCUT2D eigenvalue weighted by atomic mass is 9.97. The summed E-state index contributed by atoms with van der Waals surface area (Å²) in [6.07, 6.45) is 0. The number of rotatable bonds is 2. The SMILES string of the molecule is COc1c(C)cc(-c2cc(N)on2)c(C)c1C. The maximum Gasteiger partial charge on any atom is 0.222 e. The number of nitrogen functional groups attached to an aromatic ring is 1. The van der Waals surface area contributed by atoms with Crippen LogP contribution in [-0.4, -0.2) is 12.3 Å². The third kappa shape index (κ3) is 1.86. The Morgan fingerprint density at radius 3 is 2.41 bits per heavy atom. The summed E-state index contributed by atoms with van der Waals surface area (Å²) in [4.78, 5) is 0. The molecule has 2 N–H and O–H groups in total. The Bertz CT molecular complexity index is 559. The number of nitrogens with two attached hydrogens (primary N) is 1. The molecular formula is C13H16N2O2. The van der Waals surface area contributed by atoms with Gasteiger partial charge in [0.2, 0.25) is 5.88 Å². The van der Waals surface area contributed by atoms with Crippen LogP contribution in [0.4, 0.5) is 5.88 Å². The van der Waals surface area contributed by atoms with Gasteiger partial charge in [-0.1, -0.05) is 5.16 Å². The number of methoxy groups -OCH3 is 1. The van der Waals surface area contributed by atoms with E-state index >= 15 is 0 Å². The molecule has 0 saturated heterocycles. The number of hydrogen-bond donors (Lipinski definition) is 1. The van der Waals surface area contributed by atoms with Crippen molar-refractivity contribution in [1.29, 1.82) is 0 Å². The predicted molar refractivity (Wildman–Crippen MR) is 67.1 cm³/mol. The van der Waals surface area contributed by atoms with E-state index in [1.807, 2.05) is 26.8 Å². The van der Waals surface area contributed by atoms with Crippen LogP contribution in [0.1, 0.15) is 16.7 Å². The monoisotopic (exact) mass is 232 g/mol. The first-order valence-electron chi connectivity index (χ1n) is 5.42. The van der Waals surface area contributed by atoms with Crippen molar-refractivity contribution >= 4 is 5.88 Å². The molecule has 17 heavy (non-hydrogen) atoms. The molecule has 2 rings (SSSR count). The molecular weight excluding hydrogens is 216 g/mol. The van der Waals surface area contributed by atoms with Crippen LogP contribution < -0.4 is 10.5 Å². The molecule has 0 bridgehead atoms. The summed E-state index contributed by atoms with van der Waals surface area (Å²) < 4.78 is 10.3. The predicted octanol–water partition coefficient (Wildman–Crippen LogP) is 2.86. The zero-order valence-electron chi connectivity index (χ0n) is 10.5. The van der Waals surface area contributed by atoms with E-state index in [1.54, 1.807) is 13.2 Å². The van der Waals surface area contributed by atoms with Gasteiger partial charge < -0.3 is 15.0 Å². The maximum atomic E-state index is 5.54. The zero-order chi connectivity index (χ0) is 12.6. The average molecular weight is 232 g/mol. The van der Waals surface area contributed by atoms with Crippen LogP contribution in [0.5, 0.6) is 5.75 Å². The molecule has 0 saturated carbocycles. The van der Waals surface area contributed by atoms with E-state index in [2.05, 4.69) is 5.16 Å². The van der Waals surface area contributed by atoms with E-state index in [1.165, 1.54) is 0 Å². The van der Waals surface area contributed by atoms with Crippen LogP contribution in [0.25, 0.3) is 11.3 Å². The summed E-state index contributed by atoms with van der Waals surface area (Å²) in [5, 5.41) is 3.94. The minimum Gasteiger partial charge on any atom is -0.496 e. The summed E-state index contributed by atoms with van der Waals surface area (Å²) in [5.74, 6) is 1.24. The standard InChI is InChI=1S/C13H16N2O2/c1-7-5-10(11-6-12(14)17-15-11)8(2)9(3)13(7)16-4/h5-6H,14H2,1-4H3. The van der Waals surface area contributed by atoms with E-state index in [0.29, 0.717) is 5.88 Å². The third-order valence-electron chi connectivity index (χ3n) is 3.03. The lowest BCUT2D eigenvalue weighted by molar-refractivity contribution is 0.408. The Balaban J connectivity index is 2.64. The number of hydrogen-bond acceptors (Lipinski definition) is 4. The Kier molecular flexibility index (Phi) is 2.79. The second-order valence-electron chi connectivity index (χ2n) is 4.14. The highest BCUT2D eigenvalue weighted by molar-refractivity contribution is 5.70. The number of anilines is 1. The van der Waals surface area contributed by atoms with Crippen LogP contribution >= 0.6 is 0 Å². The van der Waals surface area contributed by atoms with Gasteiger partial charge in [0.15, 0.2) is 0 Å². The summed E-state index contributed by atoms with van der Waals surface area (Å²) in [5.41, 5.74) is 10.6. The Labute approximate surface area is 100 Å². The fraction of sp³-hybridized carbons (Fsp3) is 0.308. The zero-order valence-corrected chi connectivity index (χ0v) is 10.5. The van der Waals surface area contributed by atoms with E-state index < -0.39 is 0 Å². The first kappa shape index (κ1) is 11.5. The molecule has 0 aliphatic carbocycles. The number of benzene rings is 1. The number of aromatic nitrogens is 1. The highest BCUT2D eigenvalue weighted by atomic mass is 16.5. The molecule has 0 fully saturated rings. The summed E-state index contributed by atoms with van der Waals surface area (Å²) >= 11 is 0. The fourth-order valence-corrected chi connectivity index (χ4v) is 2.05. The van der Waals surface area contributed by atoms with Gasteiger partial charge >= 0.3 is 0 Å². The van der Waals surface area contributed by atoms with Gasteiger partial charge in [-0.15, -0.1) is 0 Å². The second-order valence-corrected chi connectivity index (χ2v) is 4.14. The van der Waals surface area contributed by atoms with Crippen molar-refractivity contribution in [2.75, 3.05) is 12.8 Å². The smallest absolute Gasteiger partial charge is 0.222 e. The lowest BCUT2D eigenvalue weighted by Gasteiger charge is -2.14. The van der Waals surface area contributed by atoms with Crippen LogP contribution in [0.15, 0.2) is 16.7 Å². The number of ether oxygens (including phenoxy) is 1. The van der Waals surface area contributed by atoms with Crippen molar-refractivity contribution in [3.63, 3.8) is 0 Å². The largest absolute Gasteiger partial charge is 0.496 e. The first-order chi connectivity index (χ1) is 8.04. The quantitative estimate of drug-likeness (QED) is 0.864. The Hall–Kier alpha value is -1.97. The minimum absolute atomic E-state index is 0.325. The van der Waals surface area contributed by atoms with E-state index in [9.17, 15) is 0 Å². The molecule has 0 atom stereocenters. The topological polar surface area (TPSA) is 61.3 Å². The molecule has 0 spiro atoms. The third-order valence-corrected chi connectivity index (χ3v) is 3.03. The highest BCUT2D eigenvalue weighted by Crippen LogP contribution is 2.34. The van der Waals surface area contributed by atoms with Crippen molar-refractivity contribution in [2.24, 2.45) is 0 Å². The molecule has 4 heteroatoms. The second kappa shape index (κ2) is 4.13. The van der Waals surface area contributed by atoms with Crippen LogP contribution in [0.3, 0.4) is 0 Å². The van der Waals surface area contributed by atoms with Crippen LogP contribution in [-0.2, 0) is 0 Å². The van der Waals surface area contributed by atoms with Gasteiger partial charge in [-0.2, -0.15) is 0 Å². The van der Waals surface area contributed by atoms with Crippen molar-refractivity contribution in [3.05, 3.63) is 28.8 Å². The molecule has 1 heterocycles. The van der Waals surface area contributed by atoms with Gasteiger partial charge in [0.05, 0.1) is 7.11 Å². The first-order valence-corrected chi connectivity index (χ1v) is 5.42. The molecule has 4 nitrogen and oxygen atoms in total. The number of aryl methyl sites for hydroxylation is 1. The fourth-order valence-electron chi connectivity index (χ4n) is 2.05. The lowest BCUT2D eigenvalue weighted by Crippen LogP contribution is -1.96. The van der Waals surface area contributed by atoms with Crippen molar-refractivity contribution in [1.82, 2.24) is 5.16 Å². The highest BCUT2D eigenvalue weighted by Gasteiger charge is 2.14. The van der Waals surface area contributed by atoms with Crippen LogP contribution in [0.2, 0.25) is 0 Å². The van der Waals surface area contributed by atoms with Gasteiger partial charge in [-0.05, 0) is 43.5 Å². The average Bonchev–Trinajstić information content (AvgIpc) is 2.71. The van der Waals surface area contributed by atoms with E-state index in [0.717, 1.165) is 33.7 Å². The Morgan fingerprint density at radius 2 is 1.88 bits per heavy atom. The van der Waals surface area contributed by atoms with Crippen LogP contribution in [0, 0.1) is 20.8 Å². The molecule has 0 radical (unpaired) electrons. The summed E-state index contributed by atoms with van der Waals surface area (Å²) in [7, 11) is 1.68. The normalized spacial score (nSPS) is 10.6. The summed E-state index contributed by atoms with van der Waals surface area (Å²) in [6, 6.07) is 3.77. The molecule has 0 aliphatic rings. The van der Waals surface area contributed by atoms with Gasteiger partial charge in [-0.3, -0.25) is 0 Å². The number of nitrogens with zero attached hydrogens (tertiary/aromatic N) is 1. The van der Waals surface area contributed by atoms with Gasteiger partial charge in [0.1, 0.15) is 11.4 Å². The maximum absolute atomic E-state index is 5.54. The Morgan fingerprint density at radius 1 is 1.18 bits per heavy atom. The summed E-state index contributed by atoms with van der Waals surface area (Å²) in [6.45, 7) is 6.09. The van der Waals surface area contributed by atoms with Crippen molar-refractivity contribution in [3.8, 4) is 17.0 Å².